The second-order valence-corrected chi connectivity index (χ2v) is 5.84. The van der Waals surface area contributed by atoms with E-state index in [0.29, 0.717) is 0 Å². The van der Waals surface area contributed by atoms with E-state index in [-0.39, 0.29) is 5.41 Å². The van der Waals surface area contributed by atoms with Gasteiger partial charge in [-0.15, -0.1) is 0 Å². The topological polar surface area (TPSA) is 9.23 Å². The molecule has 0 unspecified atom stereocenters. The molecule has 1 nitrogen and oxygen atoms in total. The Morgan fingerprint density at radius 2 is 1.94 bits per heavy atom. The Hall–Kier alpha value is 0.620. The van der Waals surface area contributed by atoms with E-state index in [1.165, 1.54) is 5.56 Å². The summed E-state index contributed by atoms with van der Waals surface area (Å²) in [5.74, 6) is 0. The summed E-state index contributed by atoms with van der Waals surface area (Å²) >= 11 is 10.8. The van der Waals surface area contributed by atoms with Gasteiger partial charge >= 0.3 is 0 Å². The molecule has 0 aromatic heterocycles. The number of benzene rings is 1. The van der Waals surface area contributed by atoms with Crippen molar-refractivity contribution in [2.45, 2.75) is 11.8 Å². The average molecular weight is 415 g/mol. The van der Waals surface area contributed by atoms with Crippen LogP contribution in [0.15, 0.2) is 28.7 Å². The van der Waals surface area contributed by atoms with E-state index >= 15 is 0 Å². The maximum Gasteiger partial charge on any atom is 0.0471 e. The minimum absolute atomic E-state index is 0.0970. The van der Waals surface area contributed by atoms with Crippen LogP contribution in [0, 0.1) is 0 Å². The zero-order valence-electron chi connectivity index (χ0n) is 9.18. The van der Waals surface area contributed by atoms with E-state index in [0.717, 1.165) is 28.2 Å². The molecule has 0 aliphatic carbocycles. The molecule has 0 fully saturated rings. The number of methoxy groups -OCH3 is 1. The van der Waals surface area contributed by atoms with Crippen LogP contribution >= 0.6 is 47.8 Å². The quantitative estimate of drug-likeness (QED) is 0.622. The first-order valence-electron chi connectivity index (χ1n) is 5.05. The minimum atomic E-state index is 0.0970. The Bertz CT molecular complexity index is 324. The summed E-state index contributed by atoms with van der Waals surface area (Å²) in [6.45, 7) is 0.768. The van der Waals surface area contributed by atoms with E-state index in [1.54, 1.807) is 7.11 Å². The first kappa shape index (κ1) is 14.7. The first-order valence-corrected chi connectivity index (χ1v) is 8.09. The number of hydrogen-bond acceptors (Lipinski definition) is 1. The van der Waals surface area contributed by atoms with Crippen LogP contribution in [0.3, 0.4) is 0 Å². The van der Waals surface area contributed by atoms with Crippen molar-refractivity contribution in [3.05, 3.63) is 34.3 Å². The number of hydrogen-bond donors (Lipinski definition) is 0. The van der Waals surface area contributed by atoms with Crippen LogP contribution in [0.2, 0.25) is 0 Å². The predicted octanol–water partition coefficient (Wildman–Crippen LogP) is 4.51. The van der Waals surface area contributed by atoms with E-state index in [2.05, 4.69) is 66.0 Å². The van der Waals surface area contributed by atoms with Crippen molar-refractivity contribution in [3.63, 3.8) is 0 Å². The van der Waals surface area contributed by atoms with E-state index in [9.17, 15) is 0 Å². The monoisotopic (exact) mass is 412 g/mol. The Morgan fingerprint density at radius 1 is 1.25 bits per heavy atom. The lowest BCUT2D eigenvalue weighted by Crippen LogP contribution is -2.31. The van der Waals surface area contributed by atoms with Gasteiger partial charge < -0.3 is 4.74 Å². The molecule has 0 bridgehead atoms. The van der Waals surface area contributed by atoms with Gasteiger partial charge in [-0.3, -0.25) is 0 Å². The van der Waals surface area contributed by atoms with Crippen LogP contribution in [0.4, 0.5) is 0 Å². The molecular formula is C12H15Br3O. The van der Waals surface area contributed by atoms with Crippen LogP contribution in [0.1, 0.15) is 12.0 Å². The highest BCUT2D eigenvalue weighted by atomic mass is 79.9. The fourth-order valence-electron chi connectivity index (χ4n) is 1.58. The van der Waals surface area contributed by atoms with Gasteiger partial charge in [0.05, 0.1) is 0 Å². The summed E-state index contributed by atoms with van der Waals surface area (Å²) in [7, 11) is 1.74. The predicted molar refractivity (Wildman–Crippen MR) is 79.9 cm³/mol. The molecule has 90 valence electrons. The number of rotatable bonds is 6. The van der Waals surface area contributed by atoms with Gasteiger partial charge in [-0.2, -0.15) is 0 Å². The molecule has 1 aromatic rings. The fraction of sp³-hybridized carbons (Fsp3) is 0.500. The third-order valence-corrected chi connectivity index (χ3v) is 5.37. The highest BCUT2D eigenvalue weighted by Crippen LogP contribution is 2.33. The molecule has 0 spiro atoms. The molecule has 1 rings (SSSR count). The second kappa shape index (κ2) is 7.14. The summed E-state index contributed by atoms with van der Waals surface area (Å²) in [6.07, 6.45) is 0.996. The molecule has 0 amide bonds. The smallest absolute Gasteiger partial charge is 0.0471 e. The lowest BCUT2D eigenvalue weighted by molar-refractivity contribution is 0.177. The summed E-state index contributed by atoms with van der Waals surface area (Å²) in [5, 5.41) is 1.84. The first-order chi connectivity index (χ1) is 7.68. The molecule has 0 saturated heterocycles. The van der Waals surface area contributed by atoms with Crippen molar-refractivity contribution >= 4 is 47.8 Å². The Balaban J connectivity index is 2.99. The molecular weight excluding hydrogens is 400 g/mol. The largest absolute Gasteiger partial charge is 0.385 e. The average Bonchev–Trinajstić information content (AvgIpc) is 2.31. The van der Waals surface area contributed by atoms with Gasteiger partial charge in [0.1, 0.15) is 0 Å². The number of alkyl halides is 2. The Kier molecular flexibility index (Phi) is 6.55. The van der Waals surface area contributed by atoms with Crippen molar-refractivity contribution in [1.82, 2.24) is 0 Å². The van der Waals surface area contributed by atoms with Crippen LogP contribution in [0.5, 0.6) is 0 Å². The fourth-order valence-corrected chi connectivity index (χ4v) is 4.12. The summed E-state index contributed by atoms with van der Waals surface area (Å²) in [6, 6.07) is 8.47. The summed E-state index contributed by atoms with van der Waals surface area (Å²) < 4.78 is 6.32. The van der Waals surface area contributed by atoms with Crippen molar-refractivity contribution in [1.29, 1.82) is 0 Å². The van der Waals surface area contributed by atoms with Gasteiger partial charge in [-0.1, -0.05) is 59.9 Å². The van der Waals surface area contributed by atoms with Crippen molar-refractivity contribution in [2.24, 2.45) is 0 Å². The molecule has 4 heteroatoms. The van der Waals surface area contributed by atoms with Gasteiger partial charge in [0.15, 0.2) is 0 Å². The molecule has 0 N–H and O–H groups in total. The lowest BCUT2D eigenvalue weighted by atomic mass is 9.82. The minimum Gasteiger partial charge on any atom is -0.385 e. The van der Waals surface area contributed by atoms with Crippen molar-refractivity contribution in [2.75, 3.05) is 24.4 Å². The Labute approximate surface area is 122 Å². The zero-order chi connectivity index (χ0) is 12.0. The van der Waals surface area contributed by atoms with E-state index in [1.807, 2.05) is 6.07 Å². The van der Waals surface area contributed by atoms with E-state index < -0.39 is 0 Å². The maximum atomic E-state index is 5.20. The van der Waals surface area contributed by atoms with Gasteiger partial charge in [-0.05, 0) is 24.1 Å². The summed E-state index contributed by atoms with van der Waals surface area (Å²) in [4.78, 5) is 0. The van der Waals surface area contributed by atoms with Gasteiger partial charge in [-0.25, -0.2) is 0 Å². The van der Waals surface area contributed by atoms with Crippen LogP contribution < -0.4 is 0 Å². The van der Waals surface area contributed by atoms with Crippen LogP contribution in [-0.4, -0.2) is 24.4 Å². The second-order valence-electron chi connectivity index (χ2n) is 3.80. The number of halogens is 3. The molecule has 0 aliphatic heterocycles. The zero-order valence-corrected chi connectivity index (χ0v) is 13.9. The summed E-state index contributed by atoms with van der Waals surface area (Å²) in [5.41, 5.74) is 1.42. The highest BCUT2D eigenvalue weighted by molar-refractivity contribution is 9.10. The molecule has 0 heterocycles. The molecule has 1 aromatic carbocycles. The molecule has 16 heavy (non-hydrogen) atoms. The van der Waals surface area contributed by atoms with Crippen LogP contribution in [0.25, 0.3) is 0 Å². The number of ether oxygens (including phenoxy) is 1. The third-order valence-electron chi connectivity index (χ3n) is 2.73. The molecule has 0 atom stereocenters. The highest BCUT2D eigenvalue weighted by Gasteiger charge is 2.29. The van der Waals surface area contributed by atoms with Gasteiger partial charge in [0.25, 0.3) is 0 Å². The SMILES string of the molecule is COCCC(CBr)(CBr)c1cccc(Br)c1. The lowest BCUT2D eigenvalue weighted by Gasteiger charge is -2.30. The van der Waals surface area contributed by atoms with Gasteiger partial charge in [0.2, 0.25) is 0 Å². The van der Waals surface area contributed by atoms with E-state index in [4.69, 9.17) is 4.74 Å². The maximum absolute atomic E-state index is 5.20. The molecule has 0 saturated carbocycles. The molecule has 0 aliphatic rings. The van der Waals surface area contributed by atoms with Crippen molar-refractivity contribution in [3.8, 4) is 0 Å². The standard InChI is InChI=1S/C12H15Br3O/c1-16-6-5-12(8-13,9-14)10-3-2-4-11(15)7-10/h2-4,7H,5-6,8-9H2,1H3. The van der Waals surface area contributed by atoms with Crippen molar-refractivity contribution < 1.29 is 4.74 Å². The van der Waals surface area contributed by atoms with Gasteiger partial charge in [0, 0.05) is 34.3 Å². The third kappa shape index (κ3) is 3.56. The Morgan fingerprint density at radius 3 is 2.44 bits per heavy atom. The van der Waals surface area contributed by atoms with Crippen LogP contribution in [-0.2, 0) is 10.2 Å². The molecule has 0 radical (unpaired) electrons. The normalized spacial score (nSPS) is 11.8.